The third-order valence-corrected chi connectivity index (χ3v) is 3.59. The Morgan fingerprint density at radius 3 is 2.37 bits per heavy atom. The van der Waals surface area contributed by atoms with Crippen molar-refractivity contribution in [3.05, 3.63) is 59.2 Å². The summed E-state index contributed by atoms with van der Waals surface area (Å²) in [6.07, 6.45) is 0. The van der Waals surface area contributed by atoms with Gasteiger partial charge in [-0.25, -0.2) is 4.79 Å². The first-order valence-electron chi connectivity index (χ1n) is 6.55. The average molecular weight is 252 g/mol. The second kappa shape index (κ2) is 4.54. The van der Waals surface area contributed by atoms with Gasteiger partial charge in [0.2, 0.25) is 0 Å². The minimum absolute atomic E-state index is 0.211. The zero-order chi connectivity index (χ0) is 13.4. The third-order valence-electron chi connectivity index (χ3n) is 3.59. The molecule has 1 heterocycles. The van der Waals surface area contributed by atoms with Crippen LogP contribution in [-0.4, -0.2) is 5.97 Å². The molecule has 2 aromatic carbocycles. The van der Waals surface area contributed by atoms with E-state index in [9.17, 15) is 4.79 Å². The zero-order valence-electron chi connectivity index (χ0n) is 11.1. The molecule has 2 nitrogen and oxygen atoms in total. The van der Waals surface area contributed by atoms with Crippen molar-refractivity contribution in [2.75, 3.05) is 0 Å². The fraction of sp³-hybridized carbons (Fsp3) is 0.235. The summed E-state index contributed by atoms with van der Waals surface area (Å²) >= 11 is 0. The van der Waals surface area contributed by atoms with E-state index in [1.165, 1.54) is 11.1 Å². The van der Waals surface area contributed by atoms with Crippen molar-refractivity contribution in [2.45, 2.75) is 26.4 Å². The number of rotatable bonds is 2. The number of esters is 1. The number of carbonyl (C=O) groups is 1. The summed E-state index contributed by atoms with van der Waals surface area (Å²) in [4.78, 5) is 11.4. The maximum absolute atomic E-state index is 11.4. The van der Waals surface area contributed by atoms with E-state index in [2.05, 4.69) is 38.1 Å². The van der Waals surface area contributed by atoms with Crippen LogP contribution in [0, 0.1) is 0 Å². The first kappa shape index (κ1) is 12.0. The van der Waals surface area contributed by atoms with E-state index in [4.69, 9.17) is 4.74 Å². The van der Waals surface area contributed by atoms with Gasteiger partial charge in [0.05, 0.1) is 5.56 Å². The van der Waals surface area contributed by atoms with Gasteiger partial charge in [0.25, 0.3) is 0 Å². The normalized spacial score (nSPS) is 13.5. The van der Waals surface area contributed by atoms with Crippen molar-refractivity contribution >= 4 is 5.97 Å². The van der Waals surface area contributed by atoms with Crippen molar-refractivity contribution in [1.29, 1.82) is 0 Å². The summed E-state index contributed by atoms with van der Waals surface area (Å²) in [5.41, 5.74) is 5.32. The van der Waals surface area contributed by atoms with Crippen LogP contribution >= 0.6 is 0 Å². The number of hydrogen-bond acceptors (Lipinski definition) is 2. The number of benzene rings is 2. The van der Waals surface area contributed by atoms with E-state index in [1.54, 1.807) is 0 Å². The van der Waals surface area contributed by atoms with Gasteiger partial charge in [-0.1, -0.05) is 44.2 Å². The lowest BCUT2D eigenvalue weighted by Crippen LogP contribution is -1.93. The van der Waals surface area contributed by atoms with Crippen LogP contribution in [0.15, 0.2) is 42.5 Å². The van der Waals surface area contributed by atoms with E-state index in [1.807, 2.05) is 18.2 Å². The molecule has 0 spiro atoms. The Morgan fingerprint density at radius 2 is 1.68 bits per heavy atom. The summed E-state index contributed by atoms with van der Waals surface area (Å²) in [6.45, 7) is 4.77. The molecule has 2 aromatic rings. The standard InChI is InChI=1S/C17H16O2/c1-11(2)12-3-5-13(6-4-12)14-7-8-16-15(9-14)10-19-17(16)18/h3-9,11H,10H2,1-2H3. The molecule has 0 amide bonds. The predicted octanol–water partition coefficient (Wildman–Crippen LogP) is 4.15. The van der Waals surface area contributed by atoms with Gasteiger partial charge in [-0.3, -0.25) is 0 Å². The molecule has 0 atom stereocenters. The SMILES string of the molecule is CC(C)c1ccc(-c2ccc3c(c2)COC3=O)cc1. The van der Waals surface area contributed by atoms with Crippen molar-refractivity contribution in [3.63, 3.8) is 0 Å². The topological polar surface area (TPSA) is 26.3 Å². The highest BCUT2D eigenvalue weighted by atomic mass is 16.5. The summed E-state index contributed by atoms with van der Waals surface area (Å²) in [7, 11) is 0. The molecule has 1 aliphatic heterocycles. The van der Waals surface area contributed by atoms with E-state index < -0.39 is 0 Å². The van der Waals surface area contributed by atoms with Crippen LogP contribution in [0.2, 0.25) is 0 Å². The summed E-state index contributed by atoms with van der Waals surface area (Å²) < 4.78 is 5.03. The molecule has 0 unspecified atom stereocenters. The second-order valence-corrected chi connectivity index (χ2v) is 5.22. The van der Waals surface area contributed by atoms with Gasteiger partial charge in [0, 0.05) is 5.56 Å². The molecule has 1 aliphatic rings. The Balaban J connectivity index is 1.96. The fourth-order valence-electron chi connectivity index (χ4n) is 2.37. The smallest absolute Gasteiger partial charge is 0.338 e. The Morgan fingerprint density at radius 1 is 1.00 bits per heavy atom. The summed E-state index contributed by atoms with van der Waals surface area (Å²) in [6, 6.07) is 14.5. The molecule has 0 aliphatic carbocycles. The first-order valence-corrected chi connectivity index (χ1v) is 6.55. The average Bonchev–Trinajstić information content (AvgIpc) is 2.80. The van der Waals surface area contributed by atoms with Crippen LogP contribution in [-0.2, 0) is 11.3 Å². The van der Waals surface area contributed by atoms with Gasteiger partial charge >= 0.3 is 5.97 Å². The quantitative estimate of drug-likeness (QED) is 0.750. The number of ether oxygens (including phenoxy) is 1. The molecule has 0 radical (unpaired) electrons. The number of fused-ring (bicyclic) bond motifs is 1. The lowest BCUT2D eigenvalue weighted by atomic mass is 9.97. The Labute approximate surface area is 113 Å². The van der Waals surface area contributed by atoms with Gasteiger partial charge in [-0.05, 0) is 34.7 Å². The highest BCUT2D eigenvalue weighted by molar-refractivity contribution is 5.94. The highest BCUT2D eigenvalue weighted by Crippen LogP contribution is 2.28. The van der Waals surface area contributed by atoms with E-state index in [0.29, 0.717) is 18.1 Å². The minimum Gasteiger partial charge on any atom is -0.457 e. The Bertz CT molecular complexity index is 624. The fourth-order valence-corrected chi connectivity index (χ4v) is 2.37. The molecule has 0 saturated carbocycles. The molecule has 0 fully saturated rings. The number of carbonyl (C=O) groups excluding carboxylic acids is 1. The minimum atomic E-state index is -0.211. The predicted molar refractivity (Wildman–Crippen MR) is 75.1 cm³/mol. The van der Waals surface area contributed by atoms with Gasteiger partial charge < -0.3 is 4.74 Å². The monoisotopic (exact) mass is 252 g/mol. The van der Waals surface area contributed by atoms with E-state index in [-0.39, 0.29) is 5.97 Å². The van der Waals surface area contributed by atoms with Gasteiger partial charge in [-0.2, -0.15) is 0 Å². The van der Waals surface area contributed by atoms with E-state index >= 15 is 0 Å². The van der Waals surface area contributed by atoms with Crippen molar-refractivity contribution < 1.29 is 9.53 Å². The lowest BCUT2D eigenvalue weighted by molar-refractivity contribution is 0.0535. The van der Waals surface area contributed by atoms with Crippen LogP contribution in [0.25, 0.3) is 11.1 Å². The second-order valence-electron chi connectivity index (χ2n) is 5.22. The van der Waals surface area contributed by atoms with Crippen LogP contribution < -0.4 is 0 Å². The molecule has 0 saturated heterocycles. The summed E-state index contributed by atoms with van der Waals surface area (Å²) in [5.74, 6) is 0.330. The molecular weight excluding hydrogens is 236 g/mol. The maximum atomic E-state index is 11.4. The summed E-state index contributed by atoms with van der Waals surface area (Å²) in [5, 5.41) is 0. The molecule has 96 valence electrons. The Kier molecular flexibility index (Phi) is 2.86. The molecule has 2 heteroatoms. The van der Waals surface area contributed by atoms with Crippen LogP contribution in [0.1, 0.15) is 41.3 Å². The highest BCUT2D eigenvalue weighted by Gasteiger charge is 2.20. The Hall–Kier alpha value is -2.09. The molecule has 0 aromatic heterocycles. The number of cyclic esters (lactones) is 1. The van der Waals surface area contributed by atoms with E-state index in [0.717, 1.165) is 11.1 Å². The lowest BCUT2D eigenvalue weighted by Gasteiger charge is -2.07. The van der Waals surface area contributed by atoms with Crippen LogP contribution in [0.4, 0.5) is 0 Å². The van der Waals surface area contributed by atoms with Gasteiger partial charge in [0.1, 0.15) is 6.61 Å². The molecule has 0 bridgehead atoms. The van der Waals surface area contributed by atoms with Crippen molar-refractivity contribution in [1.82, 2.24) is 0 Å². The largest absolute Gasteiger partial charge is 0.457 e. The number of hydrogen-bond donors (Lipinski definition) is 0. The molecule has 19 heavy (non-hydrogen) atoms. The maximum Gasteiger partial charge on any atom is 0.338 e. The van der Waals surface area contributed by atoms with Gasteiger partial charge in [-0.15, -0.1) is 0 Å². The van der Waals surface area contributed by atoms with Crippen molar-refractivity contribution in [2.24, 2.45) is 0 Å². The third kappa shape index (κ3) is 2.14. The van der Waals surface area contributed by atoms with Crippen LogP contribution in [0.3, 0.4) is 0 Å². The zero-order valence-corrected chi connectivity index (χ0v) is 11.1. The van der Waals surface area contributed by atoms with Crippen molar-refractivity contribution in [3.8, 4) is 11.1 Å². The molecule has 0 N–H and O–H groups in total. The van der Waals surface area contributed by atoms with Gasteiger partial charge in [0.15, 0.2) is 0 Å². The molecular formula is C17H16O2. The molecule has 3 rings (SSSR count). The first-order chi connectivity index (χ1) is 9.15. The van der Waals surface area contributed by atoms with Crippen LogP contribution in [0.5, 0.6) is 0 Å².